The van der Waals surface area contributed by atoms with Crippen molar-refractivity contribution < 1.29 is 14.3 Å². The molecule has 0 aromatic carbocycles. The van der Waals surface area contributed by atoms with Crippen molar-refractivity contribution in [3.63, 3.8) is 0 Å². The van der Waals surface area contributed by atoms with E-state index in [1.807, 2.05) is 6.92 Å². The average Bonchev–Trinajstić information content (AvgIpc) is 2.44. The van der Waals surface area contributed by atoms with Crippen molar-refractivity contribution in [2.45, 2.75) is 70.3 Å². The van der Waals surface area contributed by atoms with Crippen LogP contribution in [0.2, 0.25) is 0 Å². The minimum atomic E-state index is 0.0523. The first-order valence-electron chi connectivity index (χ1n) is 8.00. The van der Waals surface area contributed by atoms with Gasteiger partial charge >= 0.3 is 0 Å². The third-order valence-corrected chi connectivity index (χ3v) is 4.63. The Balaban J connectivity index is 1.78. The molecular weight excluding hydrogens is 240 g/mol. The van der Waals surface area contributed by atoms with Crippen LogP contribution in [0.25, 0.3) is 0 Å². The van der Waals surface area contributed by atoms with Crippen molar-refractivity contribution in [1.29, 1.82) is 0 Å². The number of Topliss-reactive ketones (excluding diaryl/α,β-unsaturated/α-hetero) is 1. The highest BCUT2D eigenvalue weighted by molar-refractivity contribution is 5.81. The van der Waals surface area contributed by atoms with Gasteiger partial charge in [-0.3, -0.25) is 4.79 Å². The lowest BCUT2D eigenvalue weighted by molar-refractivity contribution is -0.143. The van der Waals surface area contributed by atoms with Crippen molar-refractivity contribution in [1.82, 2.24) is 0 Å². The molecule has 2 aliphatic rings. The standard InChI is InChI=1S/C16H28O3/c1-2-18-11-6-7-15(17)14-8-12-19-16(13-14)9-4-3-5-10-16/h14H,2-13H2,1H3. The van der Waals surface area contributed by atoms with Crippen molar-refractivity contribution in [2.24, 2.45) is 5.92 Å². The summed E-state index contributed by atoms with van der Waals surface area (Å²) in [7, 11) is 0. The van der Waals surface area contributed by atoms with Gasteiger partial charge in [0.15, 0.2) is 0 Å². The Morgan fingerprint density at radius 1 is 1.32 bits per heavy atom. The summed E-state index contributed by atoms with van der Waals surface area (Å²) in [5.74, 6) is 0.682. The van der Waals surface area contributed by atoms with Gasteiger partial charge in [0.2, 0.25) is 0 Å². The maximum Gasteiger partial charge on any atom is 0.136 e. The van der Waals surface area contributed by atoms with E-state index in [2.05, 4.69) is 0 Å². The summed E-state index contributed by atoms with van der Waals surface area (Å²) in [5, 5.41) is 0. The van der Waals surface area contributed by atoms with Crippen LogP contribution in [-0.2, 0) is 14.3 Å². The van der Waals surface area contributed by atoms with Gasteiger partial charge in [0.25, 0.3) is 0 Å². The van der Waals surface area contributed by atoms with Crippen LogP contribution in [0.1, 0.15) is 64.7 Å². The zero-order valence-corrected chi connectivity index (χ0v) is 12.3. The zero-order valence-electron chi connectivity index (χ0n) is 12.3. The zero-order chi connectivity index (χ0) is 13.6. The largest absolute Gasteiger partial charge is 0.382 e. The summed E-state index contributed by atoms with van der Waals surface area (Å²) in [6.45, 7) is 4.24. The van der Waals surface area contributed by atoms with E-state index in [0.717, 1.165) is 51.9 Å². The molecule has 1 atom stereocenters. The Hall–Kier alpha value is -0.410. The van der Waals surface area contributed by atoms with Crippen LogP contribution in [0.3, 0.4) is 0 Å². The van der Waals surface area contributed by atoms with Crippen molar-refractivity contribution in [3.05, 3.63) is 0 Å². The molecule has 1 heterocycles. The first-order valence-corrected chi connectivity index (χ1v) is 8.00. The molecule has 1 spiro atoms. The molecule has 3 nitrogen and oxygen atoms in total. The normalized spacial score (nSPS) is 26.5. The van der Waals surface area contributed by atoms with E-state index in [1.165, 1.54) is 19.3 Å². The lowest BCUT2D eigenvalue weighted by atomic mass is 9.74. The van der Waals surface area contributed by atoms with Crippen LogP contribution >= 0.6 is 0 Å². The quantitative estimate of drug-likeness (QED) is 0.692. The molecule has 110 valence electrons. The summed E-state index contributed by atoms with van der Waals surface area (Å²) < 4.78 is 11.4. The summed E-state index contributed by atoms with van der Waals surface area (Å²) in [4.78, 5) is 12.3. The molecule has 0 bridgehead atoms. The lowest BCUT2D eigenvalue weighted by Crippen LogP contribution is -2.43. The molecule has 1 aliphatic heterocycles. The minimum absolute atomic E-state index is 0.0523. The third-order valence-electron chi connectivity index (χ3n) is 4.63. The molecule has 1 aliphatic carbocycles. The highest BCUT2D eigenvalue weighted by Crippen LogP contribution is 2.41. The number of rotatable bonds is 6. The van der Waals surface area contributed by atoms with Gasteiger partial charge in [0.1, 0.15) is 5.78 Å². The van der Waals surface area contributed by atoms with Crippen molar-refractivity contribution in [3.8, 4) is 0 Å². The fraction of sp³-hybridized carbons (Fsp3) is 0.938. The number of carbonyl (C=O) groups excluding carboxylic acids is 1. The average molecular weight is 268 g/mol. The second-order valence-electron chi connectivity index (χ2n) is 6.05. The first-order chi connectivity index (χ1) is 9.26. The smallest absolute Gasteiger partial charge is 0.136 e. The number of hydrogen-bond acceptors (Lipinski definition) is 3. The number of carbonyl (C=O) groups is 1. The molecule has 0 amide bonds. The van der Waals surface area contributed by atoms with E-state index in [9.17, 15) is 4.79 Å². The monoisotopic (exact) mass is 268 g/mol. The van der Waals surface area contributed by atoms with E-state index < -0.39 is 0 Å². The SMILES string of the molecule is CCOCCCC(=O)C1CCOC2(CCCCC2)C1. The van der Waals surface area contributed by atoms with Crippen LogP contribution in [-0.4, -0.2) is 31.2 Å². The second-order valence-corrected chi connectivity index (χ2v) is 6.05. The molecule has 2 fully saturated rings. The summed E-state index contributed by atoms with van der Waals surface area (Å²) >= 11 is 0. The molecule has 0 aromatic rings. The van der Waals surface area contributed by atoms with Gasteiger partial charge in [0.05, 0.1) is 5.60 Å². The fourth-order valence-corrected chi connectivity index (χ4v) is 3.54. The van der Waals surface area contributed by atoms with E-state index in [4.69, 9.17) is 9.47 Å². The molecule has 1 unspecified atom stereocenters. The Labute approximate surface area is 117 Å². The van der Waals surface area contributed by atoms with Gasteiger partial charge in [-0.25, -0.2) is 0 Å². The molecule has 0 N–H and O–H groups in total. The highest BCUT2D eigenvalue weighted by Gasteiger charge is 2.40. The molecule has 1 saturated heterocycles. The van der Waals surface area contributed by atoms with E-state index in [0.29, 0.717) is 12.2 Å². The van der Waals surface area contributed by atoms with Crippen LogP contribution in [0, 0.1) is 5.92 Å². The van der Waals surface area contributed by atoms with Gasteiger partial charge in [0, 0.05) is 32.2 Å². The van der Waals surface area contributed by atoms with E-state index in [-0.39, 0.29) is 11.5 Å². The van der Waals surface area contributed by atoms with Crippen LogP contribution in [0.15, 0.2) is 0 Å². The predicted octanol–water partition coefficient (Wildman–Crippen LogP) is 3.50. The molecule has 0 radical (unpaired) electrons. The topological polar surface area (TPSA) is 35.5 Å². The maximum atomic E-state index is 12.3. The van der Waals surface area contributed by atoms with Gasteiger partial charge < -0.3 is 9.47 Å². The van der Waals surface area contributed by atoms with Crippen LogP contribution in [0.5, 0.6) is 0 Å². The summed E-state index contributed by atoms with van der Waals surface area (Å²) in [6, 6.07) is 0. The van der Waals surface area contributed by atoms with Crippen molar-refractivity contribution in [2.75, 3.05) is 19.8 Å². The maximum absolute atomic E-state index is 12.3. The molecule has 2 rings (SSSR count). The Kier molecular flexibility index (Phi) is 5.83. The third kappa shape index (κ3) is 4.28. The minimum Gasteiger partial charge on any atom is -0.382 e. The second kappa shape index (κ2) is 7.39. The Morgan fingerprint density at radius 3 is 2.84 bits per heavy atom. The Morgan fingerprint density at radius 2 is 2.11 bits per heavy atom. The van der Waals surface area contributed by atoms with E-state index in [1.54, 1.807) is 0 Å². The number of ether oxygens (including phenoxy) is 2. The summed E-state index contributed by atoms with van der Waals surface area (Å²) in [5.41, 5.74) is 0.0523. The fourth-order valence-electron chi connectivity index (χ4n) is 3.54. The van der Waals surface area contributed by atoms with Crippen LogP contribution < -0.4 is 0 Å². The lowest BCUT2D eigenvalue weighted by Gasteiger charge is -2.43. The number of hydrogen-bond donors (Lipinski definition) is 0. The molecular formula is C16H28O3. The molecule has 19 heavy (non-hydrogen) atoms. The highest BCUT2D eigenvalue weighted by atomic mass is 16.5. The molecule has 1 saturated carbocycles. The Bertz CT molecular complexity index is 276. The molecule has 3 heteroatoms. The van der Waals surface area contributed by atoms with Crippen LogP contribution in [0.4, 0.5) is 0 Å². The predicted molar refractivity (Wildman–Crippen MR) is 75.2 cm³/mol. The van der Waals surface area contributed by atoms with Crippen molar-refractivity contribution >= 4 is 5.78 Å². The summed E-state index contributed by atoms with van der Waals surface area (Å²) in [6.07, 6.45) is 9.65. The molecule has 0 aromatic heterocycles. The van der Waals surface area contributed by atoms with Gasteiger partial charge in [-0.1, -0.05) is 19.3 Å². The van der Waals surface area contributed by atoms with Gasteiger partial charge in [-0.2, -0.15) is 0 Å². The number of ketones is 1. The van der Waals surface area contributed by atoms with E-state index >= 15 is 0 Å². The van der Waals surface area contributed by atoms with Gasteiger partial charge in [-0.05, 0) is 39.0 Å². The first kappa shape index (κ1) is 15.0. The van der Waals surface area contributed by atoms with Gasteiger partial charge in [-0.15, -0.1) is 0 Å².